The van der Waals surface area contributed by atoms with Crippen LogP contribution >= 0.6 is 0 Å². The van der Waals surface area contributed by atoms with Crippen LogP contribution in [0.15, 0.2) is 29.1 Å². The number of hydrogen-bond donors (Lipinski definition) is 0. The molecule has 0 N–H and O–H groups in total. The highest BCUT2D eigenvalue weighted by Crippen LogP contribution is 2.47. The number of nitrogens with zero attached hydrogens (tertiary/aromatic N) is 3. The monoisotopic (exact) mass is 433 g/mol. The number of aromatic nitrogens is 2. The largest absolute Gasteiger partial charge is 0.294 e. The molecular formula is C27H35N3O2. The summed E-state index contributed by atoms with van der Waals surface area (Å²) in [4.78, 5) is 33.6. The molecule has 0 amide bonds. The summed E-state index contributed by atoms with van der Waals surface area (Å²) in [5.74, 6) is 2.10. The summed E-state index contributed by atoms with van der Waals surface area (Å²) in [6, 6.07) is 9.34. The Labute approximate surface area is 190 Å². The lowest BCUT2D eigenvalue weighted by atomic mass is 9.68. The van der Waals surface area contributed by atoms with Crippen molar-refractivity contribution >= 4 is 16.7 Å². The van der Waals surface area contributed by atoms with Crippen LogP contribution in [0.2, 0.25) is 0 Å². The van der Waals surface area contributed by atoms with Gasteiger partial charge in [-0.05, 0) is 68.9 Å². The second kappa shape index (κ2) is 8.09. The predicted octanol–water partition coefficient (Wildman–Crippen LogP) is 5.13. The van der Waals surface area contributed by atoms with Gasteiger partial charge in [0.15, 0.2) is 11.6 Å². The third kappa shape index (κ3) is 3.44. The van der Waals surface area contributed by atoms with Crippen LogP contribution in [-0.4, -0.2) is 38.4 Å². The fraction of sp³-hybridized carbons (Fsp3) is 0.667. The third-order valence-electron chi connectivity index (χ3n) is 9.02. The number of para-hydroxylation sites is 1. The summed E-state index contributed by atoms with van der Waals surface area (Å²) in [5, 5.41) is 0.630. The van der Waals surface area contributed by atoms with Gasteiger partial charge in [-0.3, -0.25) is 19.1 Å². The Morgan fingerprint density at radius 2 is 1.50 bits per heavy atom. The minimum Gasteiger partial charge on any atom is -0.294 e. The molecule has 1 aromatic carbocycles. The minimum absolute atomic E-state index is 0.0375. The smallest absolute Gasteiger partial charge is 0.261 e. The molecule has 1 aromatic heterocycles. The van der Waals surface area contributed by atoms with E-state index in [-0.39, 0.29) is 17.4 Å². The molecule has 0 unspecified atom stereocenters. The molecule has 6 atom stereocenters. The van der Waals surface area contributed by atoms with E-state index in [0.717, 1.165) is 30.7 Å². The molecule has 5 heteroatoms. The molecule has 2 saturated heterocycles. The average molecular weight is 434 g/mol. The normalized spacial score (nSPS) is 35.0. The Kier molecular flexibility index (Phi) is 5.20. The zero-order valence-electron chi connectivity index (χ0n) is 19.2. The maximum Gasteiger partial charge on any atom is 0.261 e. The van der Waals surface area contributed by atoms with E-state index in [1.54, 1.807) is 11.5 Å². The molecular weight excluding hydrogens is 398 g/mol. The first-order valence-electron chi connectivity index (χ1n) is 12.9. The predicted molar refractivity (Wildman–Crippen MR) is 126 cm³/mol. The number of carbonyl (C=O) groups excluding carboxylic acids is 1. The molecule has 170 valence electrons. The Morgan fingerprint density at radius 1 is 0.844 bits per heavy atom. The van der Waals surface area contributed by atoms with E-state index in [0.29, 0.717) is 28.8 Å². The second-order valence-corrected chi connectivity index (χ2v) is 11.0. The number of carbonyl (C=O) groups is 1. The summed E-state index contributed by atoms with van der Waals surface area (Å²) in [6.45, 7) is 1.55. The van der Waals surface area contributed by atoms with Crippen LogP contribution in [0.5, 0.6) is 0 Å². The molecule has 0 spiro atoms. The Hall–Kier alpha value is -2.01. The van der Waals surface area contributed by atoms with Crippen LogP contribution in [0.25, 0.3) is 10.9 Å². The topological polar surface area (TPSA) is 55.2 Å². The lowest BCUT2D eigenvalue weighted by Gasteiger charge is -2.55. The van der Waals surface area contributed by atoms with Gasteiger partial charge < -0.3 is 0 Å². The molecule has 6 rings (SSSR count). The molecule has 4 bridgehead atoms. The number of fused-ring (bicyclic) bond motifs is 5. The number of piperidine rings is 2. The third-order valence-corrected chi connectivity index (χ3v) is 9.02. The first-order valence-corrected chi connectivity index (χ1v) is 12.9. The highest BCUT2D eigenvalue weighted by atomic mass is 16.1. The molecule has 0 radical (unpaired) electrons. The van der Waals surface area contributed by atoms with Crippen molar-refractivity contribution in [1.82, 2.24) is 14.5 Å². The van der Waals surface area contributed by atoms with E-state index in [1.165, 1.54) is 57.8 Å². The van der Waals surface area contributed by atoms with Gasteiger partial charge in [0.05, 0.1) is 10.9 Å². The summed E-state index contributed by atoms with van der Waals surface area (Å²) < 4.78 is 1.78. The molecule has 4 aliphatic rings. The maximum atomic E-state index is 13.5. The van der Waals surface area contributed by atoms with Crippen molar-refractivity contribution in [3.63, 3.8) is 0 Å². The molecule has 2 aromatic rings. The van der Waals surface area contributed by atoms with Crippen LogP contribution in [0.1, 0.15) is 94.2 Å². The van der Waals surface area contributed by atoms with Gasteiger partial charge in [0.2, 0.25) is 0 Å². The van der Waals surface area contributed by atoms with Crippen molar-refractivity contribution in [3.05, 3.63) is 40.4 Å². The Balaban J connectivity index is 1.34. The van der Waals surface area contributed by atoms with Crippen molar-refractivity contribution < 1.29 is 4.79 Å². The van der Waals surface area contributed by atoms with Gasteiger partial charge in [-0.15, -0.1) is 0 Å². The average Bonchev–Trinajstić information content (AvgIpc) is 2.78. The van der Waals surface area contributed by atoms with Gasteiger partial charge >= 0.3 is 0 Å². The van der Waals surface area contributed by atoms with Crippen molar-refractivity contribution in [1.29, 1.82) is 0 Å². The fourth-order valence-corrected chi connectivity index (χ4v) is 7.87. The number of ketones is 1. The zero-order valence-corrected chi connectivity index (χ0v) is 19.2. The zero-order chi connectivity index (χ0) is 21.8. The lowest BCUT2D eigenvalue weighted by Crippen LogP contribution is -2.58. The molecule has 2 saturated carbocycles. The van der Waals surface area contributed by atoms with Crippen LogP contribution in [0.3, 0.4) is 0 Å². The standard InChI is InChI=1S/C27H35N3O2/c1-17(31)26-28-25-11-3-2-10-24(25)27(32)30(26)23-15-20-8-5-9-21(16-23)29(20)22-13-18-6-4-7-19(12-18)14-22/h2-3,10-11,18-23H,4-9,12-16H2,1H3/t18-,19+,20-,21+,22+,23+. The molecule has 2 aliphatic heterocycles. The van der Waals surface area contributed by atoms with Gasteiger partial charge in [0.1, 0.15) is 0 Å². The van der Waals surface area contributed by atoms with Crippen molar-refractivity contribution in [2.75, 3.05) is 0 Å². The molecule has 5 nitrogen and oxygen atoms in total. The Bertz CT molecular complexity index is 1070. The highest BCUT2D eigenvalue weighted by Gasteiger charge is 2.45. The highest BCUT2D eigenvalue weighted by molar-refractivity contribution is 5.92. The summed E-state index contributed by atoms with van der Waals surface area (Å²) in [6.07, 6.45) is 14.2. The first kappa shape index (κ1) is 20.6. The number of Topliss-reactive ketones (excluding diaryl/α,β-unsaturated/α-hetero) is 1. The molecule has 4 fully saturated rings. The van der Waals surface area contributed by atoms with Crippen LogP contribution in [0, 0.1) is 11.8 Å². The van der Waals surface area contributed by atoms with E-state index in [2.05, 4.69) is 9.88 Å². The van der Waals surface area contributed by atoms with Crippen LogP contribution in [-0.2, 0) is 0 Å². The van der Waals surface area contributed by atoms with Crippen molar-refractivity contribution in [2.24, 2.45) is 11.8 Å². The van der Waals surface area contributed by atoms with Crippen molar-refractivity contribution in [2.45, 2.75) is 102 Å². The summed E-state index contributed by atoms with van der Waals surface area (Å²) >= 11 is 0. The Morgan fingerprint density at radius 3 is 2.19 bits per heavy atom. The van der Waals surface area contributed by atoms with Gasteiger partial charge in [0.25, 0.3) is 5.56 Å². The second-order valence-electron chi connectivity index (χ2n) is 11.0. The number of rotatable bonds is 3. The SMILES string of the molecule is CC(=O)c1nc2ccccc2c(=O)n1[C@H]1C[C@H]2CCC[C@@H](C1)N2[C@H]1C[C@@H]2CCC[C@@H](C2)C1. The number of hydrogen-bond acceptors (Lipinski definition) is 4. The first-order chi connectivity index (χ1) is 15.6. The summed E-state index contributed by atoms with van der Waals surface area (Å²) in [5.41, 5.74) is 0.592. The molecule has 2 aliphatic carbocycles. The maximum absolute atomic E-state index is 13.5. The molecule has 3 heterocycles. The van der Waals surface area contributed by atoms with Gasteiger partial charge in [0, 0.05) is 31.1 Å². The summed E-state index contributed by atoms with van der Waals surface area (Å²) in [7, 11) is 0. The van der Waals surface area contributed by atoms with E-state index < -0.39 is 0 Å². The van der Waals surface area contributed by atoms with E-state index >= 15 is 0 Å². The van der Waals surface area contributed by atoms with Crippen molar-refractivity contribution in [3.8, 4) is 0 Å². The van der Waals surface area contributed by atoms with E-state index in [9.17, 15) is 9.59 Å². The van der Waals surface area contributed by atoms with E-state index in [4.69, 9.17) is 0 Å². The molecule has 32 heavy (non-hydrogen) atoms. The lowest BCUT2D eigenvalue weighted by molar-refractivity contribution is -0.0493. The van der Waals surface area contributed by atoms with Crippen LogP contribution in [0.4, 0.5) is 0 Å². The van der Waals surface area contributed by atoms with Crippen LogP contribution < -0.4 is 5.56 Å². The number of benzene rings is 1. The van der Waals surface area contributed by atoms with Gasteiger partial charge in [-0.25, -0.2) is 4.98 Å². The quantitative estimate of drug-likeness (QED) is 0.630. The van der Waals surface area contributed by atoms with Gasteiger partial charge in [-0.1, -0.05) is 37.8 Å². The van der Waals surface area contributed by atoms with E-state index in [1.807, 2.05) is 24.3 Å². The van der Waals surface area contributed by atoms with Gasteiger partial charge in [-0.2, -0.15) is 0 Å². The fourth-order valence-electron chi connectivity index (χ4n) is 7.87. The minimum atomic E-state index is -0.111.